The van der Waals surface area contributed by atoms with Gasteiger partial charge in [0.25, 0.3) is 0 Å². The molecular weight excluding hydrogens is 881 g/mol. The summed E-state index contributed by atoms with van der Waals surface area (Å²) in [5.74, 6) is 1.76. The average molecular weight is 927 g/mol. The molecule has 3 heterocycles. The van der Waals surface area contributed by atoms with Crippen LogP contribution in [0.15, 0.2) is 218 Å². The second-order valence-corrected chi connectivity index (χ2v) is 19.3. The highest BCUT2D eigenvalue weighted by atomic mass is 15.2. The Morgan fingerprint density at radius 3 is 1.18 bits per heavy atom. The van der Waals surface area contributed by atoms with Gasteiger partial charge in [0.2, 0.25) is 5.95 Å². The lowest BCUT2D eigenvalue weighted by Gasteiger charge is -2.24. The van der Waals surface area contributed by atoms with Gasteiger partial charge in [-0.05, 0) is 63.2 Å². The molecule has 13 aromatic rings. The van der Waals surface area contributed by atoms with Crippen molar-refractivity contribution in [2.45, 2.75) is 0 Å². The van der Waals surface area contributed by atoms with E-state index in [0.717, 1.165) is 66.2 Å². The van der Waals surface area contributed by atoms with E-state index in [9.17, 15) is 0 Å². The van der Waals surface area contributed by atoms with Crippen molar-refractivity contribution in [2.24, 2.45) is 0 Å². The number of fused-ring (bicyclic) bond motifs is 7. The highest BCUT2D eigenvalue weighted by Crippen LogP contribution is 2.43. The number of hydrogen-bond acceptors (Lipinski definition) is 3. The van der Waals surface area contributed by atoms with Gasteiger partial charge in [-0.1, -0.05) is 205 Å². The van der Waals surface area contributed by atoms with Crippen LogP contribution >= 0.6 is 0 Å². The highest BCUT2D eigenvalue weighted by molar-refractivity contribution is 6.68. The number of aromatic nitrogens is 5. The topological polar surface area (TPSA) is 48.5 Å². The molecule has 0 bridgehead atoms. The van der Waals surface area contributed by atoms with Crippen molar-refractivity contribution < 1.29 is 0 Å². The molecule has 10 heteroatoms. The Balaban J connectivity index is 1.08. The number of rotatable bonds is 8. The molecule has 0 unspecified atom stereocenters. The molecule has 0 aliphatic heterocycles. The first-order valence-corrected chi connectivity index (χ1v) is 25.1. The lowest BCUT2D eigenvalue weighted by atomic mass is 9.59. The van der Waals surface area contributed by atoms with Gasteiger partial charge < -0.3 is 4.57 Å². The van der Waals surface area contributed by atoms with Crippen LogP contribution in [-0.4, -0.2) is 63.3 Å². The monoisotopic (exact) mass is 927 g/mol. The minimum absolute atomic E-state index is 0.552. The Bertz CT molecular complexity index is 4260. The largest absolute Gasteiger partial charge is 0.307 e. The molecule has 0 N–H and O–H groups in total. The summed E-state index contributed by atoms with van der Waals surface area (Å²) in [6.07, 6.45) is 0. The zero-order chi connectivity index (χ0) is 49.3. The molecule has 338 valence electrons. The number of benzene rings is 10. The normalized spacial score (nSPS) is 11.6. The van der Waals surface area contributed by atoms with Crippen LogP contribution in [-0.2, 0) is 0 Å². The van der Waals surface area contributed by atoms with E-state index in [1.165, 1.54) is 66.1 Å². The van der Waals surface area contributed by atoms with Crippen molar-refractivity contribution in [3.8, 4) is 78.9 Å². The van der Waals surface area contributed by atoms with E-state index in [1.807, 2.05) is 18.2 Å². The maximum Gasteiger partial charge on any atom is 0.238 e. The van der Waals surface area contributed by atoms with E-state index in [-0.39, 0.29) is 0 Å². The third kappa shape index (κ3) is 7.35. The van der Waals surface area contributed by atoms with Crippen LogP contribution in [0.5, 0.6) is 0 Å². The molecule has 0 amide bonds. The zero-order valence-corrected chi connectivity index (χ0v) is 41.5. The summed E-state index contributed by atoms with van der Waals surface area (Å²) in [6.45, 7) is 0. The second-order valence-electron chi connectivity index (χ2n) is 19.3. The lowest BCUT2D eigenvalue weighted by Crippen LogP contribution is -2.55. The molecule has 10 aromatic carbocycles. The van der Waals surface area contributed by atoms with Gasteiger partial charge in [-0.25, -0.2) is 4.98 Å². The van der Waals surface area contributed by atoms with Gasteiger partial charge in [-0.2, -0.15) is 9.97 Å². The Kier molecular flexibility index (Phi) is 10.7. The number of para-hydroxylation sites is 2. The molecule has 0 saturated heterocycles. The molecule has 0 aliphatic rings. The van der Waals surface area contributed by atoms with E-state index in [1.54, 1.807) is 0 Å². The SMILES string of the molecule is Bc1c(B)c(B)c(-c2cc(-c3ccccc3)ccc2-n2c3ccccc3c3ccc4c5ccccc5n(-c5nc(-c6ccccc6)nc(-c6ccc(-c7ccc(-c8ccccc8)cc7)cc6)n5)c4c32)c(B)c1B. The Hall–Kier alpha value is -8.87. The molecule has 0 radical (unpaired) electrons. The molecule has 0 aliphatic carbocycles. The van der Waals surface area contributed by atoms with E-state index >= 15 is 0 Å². The quantitative estimate of drug-likeness (QED) is 0.150. The van der Waals surface area contributed by atoms with E-state index < -0.39 is 0 Å². The maximum atomic E-state index is 5.48. The first kappa shape index (κ1) is 44.1. The van der Waals surface area contributed by atoms with Gasteiger partial charge in [0, 0.05) is 38.2 Å². The molecule has 0 spiro atoms. The van der Waals surface area contributed by atoms with Crippen molar-refractivity contribution in [3.63, 3.8) is 0 Å². The highest BCUT2D eigenvalue weighted by Gasteiger charge is 2.26. The smallest absolute Gasteiger partial charge is 0.238 e. The molecule has 0 saturated carbocycles. The van der Waals surface area contributed by atoms with Crippen molar-refractivity contribution in [1.29, 1.82) is 0 Å². The molecule has 13 rings (SSSR count). The molecule has 0 atom stereocenters. The summed E-state index contributed by atoms with van der Waals surface area (Å²) in [7, 11) is 11.4. The average Bonchev–Trinajstić information content (AvgIpc) is 3.98. The minimum Gasteiger partial charge on any atom is -0.307 e. The van der Waals surface area contributed by atoms with Gasteiger partial charge in [0.05, 0.1) is 27.8 Å². The minimum atomic E-state index is 0.552. The summed E-state index contributed by atoms with van der Waals surface area (Å²) in [6, 6.07) is 78.1. The Morgan fingerprint density at radius 1 is 0.288 bits per heavy atom. The van der Waals surface area contributed by atoms with Crippen molar-refractivity contribution in [1.82, 2.24) is 24.1 Å². The first-order chi connectivity index (χ1) is 35.8. The fourth-order valence-electron chi connectivity index (χ4n) is 11.2. The van der Waals surface area contributed by atoms with E-state index in [2.05, 4.69) is 249 Å². The predicted molar refractivity (Wildman–Crippen MR) is 322 cm³/mol. The fourth-order valence-corrected chi connectivity index (χ4v) is 11.2. The van der Waals surface area contributed by atoms with E-state index in [0.29, 0.717) is 17.6 Å². The van der Waals surface area contributed by atoms with Gasteiger partial charge in [-0.15, -0.1) is 16.4 Å². The standard InChI is InChI=1S/C63H46B5N5/c64-54-53(55(65)57(67)58(68)56(54)66)49-36-44(38-16-6-2-7-17-38)32-35-52(49)72-50-22-12-10-20-45(50)47-33-34-48-46-21-11-13-23-51(46)73(60(48)59(47)72)63-70-61(42-18-8-3-9-19-42)69-62(71-63)43-30-28-41(29-31-43)40-26-24-39(25-27-40)37-14-4-1-5-15-37/h1-36H,64-68H2. The van der Waals surface area contributed by atoms with Crippen molar-refractivity contribution in [3.05, 3.63) is 218 Å². The third-order valence-electron chi connectivity index (χ3n) is 15.4. The summed E-state index contributed by atoms with van der Waals surface area (Å²) in [4.78, 5) is 16.1. The van der Waals surface area contributed by atoms with Crippen molar-refractivity contribution >= 4 is 110 Å². The van der Waals surface area contributed by atoms with Gasteiger partial charge in [-0.3, -0.25) is 4.57 Å². The Labute approximate surface area is 429 Å². The predicted octanol–water partition coefficient (Wildman–Crippen LogP) is 7.36. The molecular formula is C63H46B5N5. The van der Waals surface area contributed by atoms with Gasteiger partial charge >= 0.3 is 0 Å². The zero-order valence-electron chi connectivity index (χ0n) is 41.5. The summed E-state index contributed by atoms with van der Waals surface area (Å²) < 4.78 is 4.80. The third-order valence-corrected chi connectivity index (χ3v) is 15.4. The van der Waals surface area contributed by atoms with Crippen LogP contribution < -0.4 is 27.3 Å². The number of nitrogens with zero attached hydrogens (tertiary/aromatic N) is 5. The molecule has 3 aromatic heterocycles. The van der Waals surface area contributed by atoms with Crippen LogP contribution in [0.3, 0.4) is 0 Å². The molecule has 73 heavy (non-hydrogen) atoms. The molecule has 5 nitrogen and oxygen atoms in total. The van der Waals surface area contributed by atoms with Gasteiger partial charge in [0.1, 0.15) is 39.2 Å². The summed E-state index contributed by atoms with van der Waals surface area (Å²) in [5, 5.41) is 4.57. The summed E-state index contributed by atoms with van der Waals surface area (Å²) >= 11 is 0. The van der Waals surface area contributed by atoms with Crippen LogP contribution in [0.25, 0.3) is 123 Å². The fraction of sp³-hybridized carbons (Fsp3) is 0. The lowest BCUT2D eigenvalue weighted by molar-refractivity contribution is 0.953. The second kappa shape index (κ2) is 17.8. The van der Waals surface area contributed by atoms with Crippen molar-refractivity contribution in [2.75, 3.05) is 0 Å². The van der Waals surface area contributed by atoms with Crippen LogP contribution in [0.4, 0.5) is 0 Å². The number of hydrogen-bond donors (Lipinski definition) is 0. The van der Waals surface area contributed by atoms with Gasteiger partial charge in [0.15, 0.2) is 11.6 Å². The molecule has 0 fully saturated rings. The van der Waals surface area contributed by atoms with E-state index in [4.69, 9.17) is 15.0 Å². The maximum absolute atomic E-state index is 5.48. The van der Waals surface area contributed by atoms with Crippen LogP contribution in [0, 0.1) is 0 Å². The van der Waals surface area contributed by atoms with Crippen LogP contribution in [0.1, 0.15) is 0 Å². The first-order valence-electron chi connectivity index (χ1n) is 25.1. The Morgan fingerprint density at radius 2 is 0.658 bits per heavy atom. The summed E-state index contributed by atoms with van der Waals surface area (Å²) in [5.41, 5.74) is 23.3. The van der Waals surface area contributed by atoms with Crippen LogP contribution in [0.2, 0.25) is 0 Å².